The Bertz CT molecular complexity index is 877. The molecule has 4 amide bonds. The number of aromatic amines is 1. The number of imide groups is 1. The second-order valence-corrected chi connectivity index (χ2v) is 5.42. The minimum absolute atomic E-state index is 0.202. The molecular weight excluding hydrogens is 312 g/mol. The van der Waals surface area contributed by atoms with Crippen LogP contribution in [0.1, 0.15) is 22.8 Å². The normalized spacial score (nSPS) is 20.0. The molecule has 1 unspecified atom stereocenters. The van der Waals surface area contributed by atoms with Gasteiger partial charge in [-0.05, 0) is 24.6 Å². The van der Waals surface area contributed by atoms with E-state index in [1.807, 2.05) is 0 Å². The molecule has 8 heteroatoms. The lowest BCUT2D eigenvalue weighted by molar-refractivity contribution is -0.132. The van der Waals surface area contributed by atoms with Gasteiger partial charge >= 0.3 is 6.03 Å². The number of nitrogens with zero attached hydrogens (tertiary/aromatic N) is 1. The van der Waals surface area contributed by atoms with Crippen molar-refractivity contribution in [2.75, 3.05) is 0 Å². The average Bonchev–Trinajstić information content (AvgIpc) is 2.80. The van der Waals surface area contributed by atoms with Gasteiger partial charge in [0, 0.05) is 6.20 Å². The minimum Gasteiger partial charge on any atom is -0.328 e. The Morgan fingerprint density at radius 1 is 1.08 bits per heavy atom. The van der Waals surface area contributed by atoms with E-state index in [0.717, 1.165) is 0 Å². The lowest BCUT2D eigenvalue weighted by Gasteiger charge is -2.22. The van der Waals surface area contributed by atoms with Crippen molar-refractivity contribution in [1.29, 1.82) is 0 Å². The van der Waals surface area contributed by atoms with Crippen molar-refractivity contribution in [2.45, 2.75) is 12.5 Å². The number of urea groups is 1. The summed E-state index contributed by atoms with van der Waals surface area (Å²) in [6.45, 7) is 1.55. The first-order chi connectivity index (χ1) is 11.4. The van der Waals surface area contributed by atoms with Crippen LogP contribution in [0.2, 0.25) is 0 Å². The highest BCUT2D eigenvalue weighted by atomic mass is 16.2. The molecular formula is C16H14N4O4. The molecule has 0 bridgehead atoms. The lowest BCUT2D eigenvalue weighted by Crippen LogP contribution is -2.48. The van der Waals surface area contributed by atoms with Crippen LogP contribution < -0.4 is 16.3 Å². The van der Waals surface area contributed by atoms with Gasteiger partial charge in [0.15, 0.2) is 0 Å². The summed E-state index contributed by atoms with van der Waals surface area (Å²) in [5.41, 5.74) is 0.637. The first kappa shape index (κ1) is 15.5. The SMILES string of the molecule is CC1(c2ccccc2)NC(=O)N(NC(=O)c2ccc[nH]c2=O)C1=O. The number of benzene rings is 1. The molecule has 24 heavy (non-hydrogen) atoms. The molecule has 2 heterocycles. The van der Waals surface area contributed by atoms with Crippen molar-refractivity contribution < 1.29 is 14.4 Å². The van der Waals surface area contributed by atoms with Crippen LogP contribution in [0.3, 0.4) is 0 Å². The quantitative estimate of drug-likeness (QED) is 0.713. The fraction of sp³-hybridized carbons (Fsp3) is 0.125. The third-order valence-corrected chi connectivity index (χ3v) is 3.82. The van der Waals surface area contributed by atoms with Gasteiger partial charge in [0.2, 0.25) is 0 Å². The molecule has 0 saturated carbocycles. The fourth-order valence-electron chi connectivity index (χ4n) is 2.47. The van der Waals surface area contributed by atoms with Crippen LogP contribution in [0.15, 0.2) is 53.5 Å². The average molecular weight is 326 g/mol. The number of carbonyl (C=O) groups is 3. The van der Waals surface area contributed by atoms with E-state index in [4.69, 9.17) is 0 Å². The van der Waals surface area contributed by atoms with Gasteiger partial charge < -0.3 is 10.3 Å². The standard InChI is InChI=1S/C16H14N4O4/c1-16(10-6-3-2-4-7-10)14(23)20(15(24)18-16)19-13(22)11-8-5-9-17-12(11)21/h2-9H,1H3,(H,17,21)(H,18,24)(H,19,22). The van der Waals surface area contributed by atoms with E-state index in [1.54, 1.807) is 37.3 Å². The van der Waals surface area contributed by atoms with E-state index in [-0.39, 0.29) is 5.56 Å². The van der Waals surface area contributed by atoms with E-state index < -0.39 is 28.9 Å². The molecule has 0 spiro atoms. The Hall–Kier alpha value is -3.42. The van der Waals surface area contributed by atoms with Crippen LogP contribution in [-0.2, 0) is 10.3 Å². The summed E-state index contributed by atoms with van der Waals surface area (Å²) in [5, 5.41) is 3.14. The van der Waals surface area contributed by atoms with E-state index >= 15 is 0 Å². The summed E-state index contributed by atoms with van der Waals surface area (Å²) in [6, 6.07) is 10.7. The van der Waals surface area contributed by atoms with Gasteiger partial charge in [0.05, 0.1) is 0 Å². The zero-order chi connectivity index (χ0) is 17.3. The summed E-state index contributed by atoms with van der Waals surface area (Å²) < 4.78 is 0. The molecule has 1 aromatic heterocycles. The smallest absolute Gasteiger partial charge is 0.328 e. The van der Waals surface area contributed by atoms with Crippen molar-refractivity contribution in [3.63, 3.8) is 0 Å². The number of rotatable bonds is 3. The number of pyridine rings is 1. The predicted molar refractivity (Wildman–Crippen MR) is 83.7 cm³/mol. The molecule has 1 fully saturated rings. The van der Waals surface area contributed by atoms with Gasteiger partial charge in [-0.15, -0.1) is 0 Å². The van der Waals surface area contributed by atoms with Crippen LogP contribution in [-0.4, -0.2) is 27.8 Å². The zero-order valence-electron chi connectivity index (χ0n) is 12.7. The maximum Gasteiger partial charge on any atom is 0.344 e. The molecule has 2 aromatic rings. The molecule has 3 rings (SSSR count). The third-order valence-electron chi connectivity index (χ3n) is 3.82. The molecule has 122 valence electrons. The number of hydrogen-bond donors (Lipinski definition) is 3. The largest absolute Gasteiger partial charge is 0.344 e. The molecule has 1 atom stereocenters. The van der Waals surface area contributed by atoms with E-state index in [9.17, 15) is 19.2 Å². The second kappa shape index (κ2) is 5.65. The van der Waals surface area contributed by atoms with Crippen molar-refractivity contribution in [2.24, 2.45) is 0 Å². The predicted octanol–water partition coefficient (Wildman–Crippen LogP) is 0.487. The Balaban J connectivity index is 1.87. The van der Waals surface area contributed by atoms with Gasteiger partial charge in [-0.3, -0.25) is 19.8 Å². The molecule has 1 saturated heterocycles. The summed E-state index contributed by atoms with van der Waals surface area (Å²) in [7, 11) is 0. The number of nitrogens with one attached hydrogen (secondary N) is 3. The van der Waals surface area contributed by atoms with Crippen LogP contribution in [0.4, 0.5) is 4.79 Å². The maximum absolute atomic E-state index is 12.6. The van der Waals surface area contributed by atoms with E-state index in [1.165, 1.54) is 18.3 Å². The van der Waals surface area contributed by atoms with Crippen LogP contribution in [0.25, 0.3) is 0 Å². The Morgan fingerprint density at radius 2 is 1.79 bits per heavy atom. The number of H-pyrrole nitrogens is 1. The zero-order valence-corrected chi connectivity index (χ0v) is 12.7. The third kappa shape index (κ3) is 2.43. The summed E-state index contributed by atoms with van der Waals surface area (Å²) >= 11 is 0. The van der Waals surface area contributed by atoms with Crippen LogP contribution in [0.5, 0.6) is 0 Å². The minimum atomic E-state index is -1.30. The summed E-state index contributed by atoms with van der Waals surface area (Å²) in [6.07, 6.45) is 1.37. The van der Waals surface area contributed by atoms with Gasteiger partial charge in [-0.2, -0.15) is 5.01 Å². The molecule has 0 aliphatic carbocycles. The first-order valence-corrected chi connectivity index (χ1v) is 7.14. The highest BCUT2D eigenvalue weighted by Gasteiger charge is 2.50. The van der Waals surface area contributed by atoms with Gasteiger partial charge in [0.25, 0.3) is 17.4 Å². The van der Waals surface area contributed by atoms with Crippen LogP contribution >= 0.6 is 0 Å². The number of hydrazine groups is 1. The molecule has 1 aromatic carbocycles. The molecule has 0 radical (unpaired) electrons. The highest BCUT2D eigenvalue weighted by molar-refractivity contribution is 6.09. The topological polar surface area (TPSA) is 111 Å². The van der Waals surface area contributed by atoms with E-state index in [0.29, 0.717) is 10.6 Å². The van der Waals surface area contributed by atoms with Crippen molar-refractivity contribution >= 4 is 17.8 Å². The van der Waals surface area contributed by atoms with Gasteiger partial charge in [0.1, 0.15) is 11.1 Å². The number of carbonyl (C=O) groups excluding carboxylic acids is 3. The lowest BCUT2D eigenvalue weighted by atomic mass is 9.92. The highest BCUT2D eigenvalue weighted by Crippen LogP contribution is 2.27. The molecule has 8 nitrogen and oxygen atoms in total. The van der Waals surface area contributed by atoms with Crippen molar-refractivity contribution in [1.82, 2.24) is 20.7 Å². The van der Waals surface area contributed by atoms with Crippen LogP contribution in [0, 0.1) is 0 Å². The molecule has 1 aliphatic heterocycles. The van der Waals surface area contributed by atoms with E-state index in [2.05, 4.69) is 15.7 Å². The monoisotopic (exact) mass is 326 g/mol. The van der Waals surface area contributed by atoms with Gasteiger partial charge in [-0.1, -0.05) is 30.3 Å². The summed E-state index contributed by atoms with van der Waals surface area (Å²) in [5.74, 6) is -1.49. The first-order valence-electron chi connectivity index (χ1n) is 7.14. The van der Waals surface area contributed by atoms with Crippen molar-refractivity contribution in [3.05, 3.63) is 70.1 Å². The fourth-order valence-corrected chi connectivity index (χ4v) is 2.47. The summed E-state index contributed by atoms with van der Waals surface area (Å²) in [4.78, 5) is 50.9. The molecule has 1 aliphatic rings. The maximum atomic E-state index is 12.6. The molecule has 3 N–H and O–H groups in total. The number of aromatic nitrogens is 1. The Labute approximate surface area is 136 Å². The van der Waals surface area contributed by atoms with Crippen molar-refractivity contribution in [3.8, 4) is 0 Å². The number of hydrogen-bond acceptors (Lipinski definition) is 4. The Kier molecular flexibility index (Phi) is 3.64. The van der Waals surface area contributed by atoms with Gasteiger partial charge in [-0.25, -0.2) is 4.79 Å². The second-order valence-electron chi connectivity index (χ2n) is 5.42. The Morgan fingerprint density at radius 3 is 2.46 bits per heavy atom. The number of amides is 4.